The van der Waals surface area contributed by atoms with Crippen LogP contribution in [0.3, 0.4) is 0 Å². The van der Waals surface area contributed by atoms with Crippen molar-refractivity contribution in [2.45, 2.75) is 12.8 Å². The molecule has 0 unspecified atom stereocenters. The van der Waals surface area contributed by atoms with Crippen LogP contribution in [0.2, 0.25) is 0 Å². The van der Waals surface area contributed by atoms with Gasteiger partial charge in [0.15, 0.2) is 0 Å². The zero-order chi connectivity index (χ0) is 19.4. The van der Waals surface area contributed by atoms with Crippen molar-refractivity contribution in [1.82, 2.24) is 30.0 Å². The number of carbonyl (C=O) groups excluding carboxylic acids is 2. The second kappa shape index (κ2) is 7.94. The summed E-state index contributed by atoms with van der Waals surface area (Å²) >= 11 is 0. The Morgan fingerprint density at radius 3 is 2.63 bits per heavy atom. The SMILES string of the molecule is CN(CC(=O)N1CCC(C(=O)O)CC1)C(=O)c1cccc(-n2cnnn2)c1. The lowest BCUT2D eigenvalue weighted by atomic mass is 9.97. The molecule has 1 N–H and O–H groups in total. The van der Waals surface area contributed by atoms with E-state index in [1.54, 1.807) is 36.2 Å². The van der Waals surface area contributed by atoms with Crippen LogP contribution in [-0.4, -0.2) is 79.6 Å². The first-order chi connectivity index (χ1) is 13.0. The van der Waals surface area contributed by atoms with Crippen molar-refractivity contribution in [3.05, 3.63) is 36.2 Å². The van der Waals surface area contributed by atoms with E-state index in [0.717, 1.165) is 0 Å². The number of hydrogen-bond donors (Lipinski definition) is 1. The van der Waals surface area contributed by atoms with Gasteiger partial charge >= 0.3 is 5.97 Å². The number of likely N-dealkylation sites (N-methyl/N-ethyl adjacent to an activating group) is 1. The quantitative estimate of drug-likeness (QED) is 0.787. The highest BCUT2D eigenvalue weighted by Gasteiger charge is 2.28. The summed E-state index contributed by atoms with van der Waals surface area (Å²) in [4.78, 5) is 39.0. The minimum atomic E-state index is -0.822. The third kappa shape index (κ3) is 4.27. The molecule has 0 bridgehead atoms. The van der Waals surface area contributed by atoms with Gasteiger partial charge in [0.25, 0.3) is 5.91 Å². The number of tetrazole rings is 1. The molecule has 142 valence electrons. The van der Waals surface area contributed by atoms with Crippen molar-refractivity contribution in [2.24, 2.45) is 5.92 Å². The Morgan fingerprint density at radius 1 is 1.26 bits per heavy atom. The molecule has 2 amide bonds. The summed E-state index contributed by atoms with van der Waals surface area (Å²) in [6.07, 6.45) is 2.30. The molecule has 0 saturated carbocycles. The molecule has 0 spiro atoms. The van der Waals surface area contributed by atoms with Gasteiger partial charge in [-0.2, -0.15) is 0 Å². The smallest absolute Gasteiger partial charge is 0.306 e. The van der Waals surface area contributed by atoms with Crippen LogP contribution in [0.5, 0.6) is 0 Å². The van der Waals surface area contributed by atoms with E-state index < -0.39 is 11.9 Å². The molecule has 1 saturated heterocycles. The third-order valence-corrected chi connectivity index (χ3v) is 4.62. The van der Waals surface area contributed by atoms with Crippen LogP contribution in [0.4, 0.5) is 0 Å². The Bertz CT molecular complexity index is 830. The number of aliphatic carboxylic acids is 1. The van der Waals surface area contributed by atoms with E-state index in [0.29, 0.717) is 37.2 Å². The summed E-state index contributed by atoms with van der Waals surface area (Å²) in [6.45, 7) is 0.727. The van der Waals surface area contributed by atoms with E-state index in [1.807, 2.05) is 0 Å². The normalized spacial score (nSPS) is 14.8. The van der Waals surface area contributed by atoms with Crippen molar-refractivity contribution in [1.29, 1.82) is 0 Å². The number of rotatable bonds is 5. The molecule has 1 aliphatic heterocycles. The van der Waals surface area contributed by atoms with Crippen molar-refractivity contribution in [3.63, 3.8) is 0 Å². The fraction of sp³-hybridized carbons (Fsp3) is 0.412. The molecule has 0 radical (unpaired) electrons. The minimum Gasteiger partial charge on any atom is -0.481 e. The lowest BCUT2D eigenvalue weighted by molar-refractivity contribution is -0.145. The van der Waals surface area contributed by atoms with E-state index in [-0.39, 0.29) is 18.4 Å². The first-order valence-electron chi connectivity index (χ1n) is 8.55. The van der Waals surface area contributed by atoms with Crippen LogP contribution < -0.4 is 0 Å². The van der Waals surface area contributed by atoms with Gasteiger partial charge in [0.05, 0.1) is 18.2 Å². The second-order valence-electron chi connectivity index (χ2n) is 6.46. The molecule has 2 aromatic rings. The van der Waals surface area contributed by atoms with Gasteiger partial charge in [-0.05, 0) is 41.5 Å². The van der Waals surface area contributed by atoms with Crippen LogP contribution in [0, 0.1) is 5.92 Å². The number of aromatic nitrogens is 4. The number of carboxylic acids is 1. The molecule has 0 atom stereocenters. The van der Waals surface area contributed by atoms with Crippen LogP contribution in [0.25, 0.3) is 5.69 Å². The van der Waals surface area contributed by atoms with Gasteiger partial charge in [0.1, 0.15) is 6.33 Å². The average Bonchev–Trinajstić information content (AvgIpc) is 3.22. The van der Waals surface area contributed by atoms with Crippen LogP contribution in [0.1, 0.15) is 23.2 Å². The number of piperidine rings is 1. The molecule has 1 aromatic carbocycles. The maximum absolute atomic E-state index is 12.6. The highest BCUT2D eigenvalue weighted by atomic mass is 16.4. The van der Waals surface area contributed by atoms with E-state index in [1.165, 1.54) is 15.9 Å². The number of nitrogens with zero attached hydrogens (tertiary/aromatic N) is 6. The molecule has 1 aliphatic rings. The summed E-state index contributed by atoms with van der Waals surface area (Å²) in [6, 6.07) is 6.80. The first kappa shape index (κ1) is 18.5. The van der Waals surface area contributed by atoms with Gasteiger partial charge in [0.2, 0.25) is 5.91 Å². The Kier molecular flexibility index (Phi) is 5.43. The van der Waals surface area contributed by atoms with E-state index >= 15 is 0 Å². The highest BCUT2D eigenvalue weighted by Crippen LogP contribution is 2.18. The van der Waals surface area contributed by atoms with Crippen LogP contribution >= 0.6 is 0 Å². The molecular formula is C17H20N6O4. The van der Waals surface area contributed by atoms with E-state index in [2.05, 4.69) is 15.5 Å². The maximum atomic E-state index is 12.6. The summed E-state index contributed by atoms with van der Waals surface area (Å²) < 4.78 is 1.44. The third-order valence-electron chi connectivity index (χ3n) is 4.62. The number of hydrogen-bond acceptors (Lipinski definition) is 6. The zero-order valence-electron chi connectivity index (χ0n) is 14.9. The van der Waals surface area contributed by atoms with Gasteiger partial charge in [-0.1, -0.05) is 6.07 Å². The van der Waals surface area contributed by atoms with Crippen molar-refractivity contribution in [3.8, 4) is 5.69 Å². The molecule has 27 heavy (non-hydrogen) atoms. The lowest BCUT2D eigenvalue weighted by Crippen LogP contribution is -2.45. The largest absolute Gasteiger partial charge is 0.481 e. The minimum absolute atomic E-state index is 0.0638. The second-order valence-corrected chi connectivity index (χ2v) is 6.46. The van der Waals surface area contributed by atoms with E-state index in [9.17, 15) is 14.4 Å². The molecular weight excluding hydrogens is 352 g/mol. The van der Waals surface area contributed by atoms with Gasteiger partial charge < -0.3 is 14.9 Å². The number of carboxylic acid groups (broad SMARTS) is 1. The fourth-order valence-corrected chi connectivity index (χ4v) is 3.03. The van der Waals surface area contributed by atoms with Crippen molar-refractivity contribution >= 4 is 17.8 Å². The monoisotopic (exact) mass is 372 g/mol. The molecule has 0 aliphatic carbocycles. The molecule has 3 rings (SSSR count). The number of benzene rings is 1. The van der Waals surface area contributed by atoms with Gasteiger partial charge in [-0.15, -0.1) is 5.10 Å². The lowest BCUT2D eigenvalue weighted by Gasteiger charge is -2.31. The van der Waals surface area contributed by atoms with Gasteiger partial charge in [0, 0.05) is 25.7 Å². The van der Waals surface area contributed by atoms with Crippen LogP contribution in [-0.2, 0) is 9.59 Å². The molecule has 10 nitrogen and oxygen atoms in total. The summed E-state index contributed by atoms with van der Waals surface area (Å²) in [5.41, 5.74) is 1.06. The average molecular weight is 372 g/mol. The topological polar surface area (TPSA) is 122 Å². The van der Waals surface area contributed by atoms with Crippen LogP contribution in [0.15, 0.2) is 30.6 Å². The van der Waals surface area contributed by atoms with Gasteiger partial charge in [-0.25, -0.2) is 4.68 Å². The predicted octanol–water partition coefficient (Wildman–Crippen LogP) is 0.0575. The summed E-state index contributed by atoms with van der Waals surface area (Å²) in [5, 5.41) is 19.9. The maximum Gasteiger partial charge on any atom is 0.306 e. The predicted molar refractivity (Wildman–Crippen MR) is 93.1 cm³/mol. The number of carbonyl (C=O) groups is 3. The summed E-state index contributed by atoms with van der Waals surface area (Å²) in [5.74, 6) is -1.70. The molecule has 2 heterocycles. The van der Waals surface area contributed by atoms with E-state index in [4.69, 9.17) is 5.11 Å². The number of likely N-dealkylation sites (tertiary alicyclic amines) is 1. The van der Waals surface area contributed by atoms with Crippen molar-refractivity contribution < 1.29 is 19.5 Å². The Hall–Kier alpha value is -3.30. The molecule has 1 fully saturated rings. The fourth-order valence-electron chi connectivity index (χ4n) is 3.03. The van der Waals surface area contributed by atoms with Gasteiger partial charge in [-0.3, -0.25) is 14.4 Å². The number of amides is 2. The standard InChI is InChI=1S/C17H20N6O4/c1-21(10-15(24)22-7-5-12(6-8-22)17(26)27)16(25)13-3-2-4-14(9-13)23-11-18-19-20-23/h2-4,9,11-12H,5-8,10H2,1H3,(H,26,27). The molecule has 1 aromatic heterocycles. The summed E-state index contributed by atoms with van der Waals surface area (Å²) in [7, 11) is 1.56. The Labute approximate surface area is 155 Å². The first-order valence-corrected chi connectivity index (χ1v) is 8.55. The molecule has 10 heteroatoms. The zero-order valence-corrected chi connectivity index (χ0v) is 14.9. The highest BCUT2D eigenvalue weighted by molar-refractivity contribution is 5.96. The Balaban J connectivity index is 1.60. The Morgan fingerprint density at radius 2 is 2.00 bits per heavy atom. The van der Waals surface area contributed by atoms with Crippen molar-refractivity contribution in [2.75, 3.05) is 26.7 Å².